The van der Waals surface area contributed by atoms with Crippen LogP contribution in [0.2, 0.25) is 0 Å². The molecule has 4 rings (SSSR count). The number of hydrogen-bond donors (Lipinski definition) is 0. The standard InChI is InChI=1S/C25H34N2O4/c1-3-18-10-8-9-15-26(18)22(28)16-25(20-13-6-7-14-21(20)31-2)17-23(29)27(24(25)30)19-11-4-5-12-19/h6-7,13-14,18-19H,3-5,8-12,15-17H2,1-2H3. The van der Waals surface area contributed by atoms with E-state index in [4.69, 9.17) is 4.74 Å². The summed E-state index contributed by atoms with van der Waals surface area (Å²) < 4.78 is 5.59. The molecule has 3 aliphatic rings. The maximum Gasteiger partial charge on any atom is 0.241 e. The molecule has 1 saturated carbocycles. The lowest BCUT2D eigenvalue weighted by molar-refractivity contribution is -0.145. The van der Waals surface area contributed by atoms with Crippen molar-refractivity contribution in [3.8, 4) is 5.75 Å². The summed E-state index contributed by atoms with van der Waals surface area (Å²) in [6, 6.07) is 7.55. The number of carbonyl (C=O) groups is 3. The Morgan fingerprint density at radius 2 is 1.81 bits per heavy atom. The van der Waals surface area contributed by atoms with E-state index in [2.05, 4.69) is 6.92 Å². The van der Waals surface area contributed by atoms with Gasteiger partial charge in [-0.25, -0.2) is 0 Å². The fraction of sp³-hybridized carbons (Fsp3) is 0.640. The summed E-state index contributed by atoms with van der Waals surface area (Å²) in [6.45, 7) is 2.84. The lowest BCUT2D eigenvalue weighted by atomic mass is 9.74. The van der Waals surface area contributed by atoms with Crippen LogP contribution in [-0.4, -0.2) is 53.3 Å². The number of ether oxygens (including phenoxy) is 1. The second kappa shape index (κ2) is 9.01. The first kappa shape index (κ1) is 21.8. The predicted molar refractivity (Wildman–Crippen MR) is 118 cm³/mol. The van der Waals surface area contributed by atoms with E-state index in [9.17, 15) is 14.4 Å². The van der Waals surface area contributed by atoms with E-state index in [1.807, 2.05) is 29.2 Å². The van der Waals surface area contributed by atoms with E-state index in [0.29, 0.717) is 11.3 Å². The fourth-order valence-corrected chi connectivity index (χ4v) is 5.89. The Labute approximate surface area is 184 Å². The molecule has 6 heteroatoms. The van der Waals surface area contributed by atoms with Crippen molar-refractivity contribution in [2.45, 2.75) is 88.6 Å². The third-order valence-corrected chi connectivity index (χ3v) is 7.53. The third-order valence-electron chi connectivity index (χ3n) is 7.53. The largest absolute Gasteiger partial charge is 0.496 e. The molecule has 0 radical (unpaired) electrons. The molecule has 1 aliphatic carbocycles. The molecule has 168 valence electrons. The average molecular weight is 427 g/mol. The summed E-state index contributed by atoms with van der Waals surface area (Å²) >= 11 is 0. The molecule has 1 aromatic rings. The number of likely N-dealkylation sites (tertiary alicyclic amines) is 2. The van der Waals surface area contributed by atoms with Crippen molar-refractivity contribution >= 4 is 17.7 Å². The number of hydrogen-bond acceptors (Lipinski definition) is 4. The number of imide groups is 1. The van der Waals surface area contributed by atoms with E-state index in [0.717, 1.165) is 57.9 Å². The van der Waals surface area contributed by atoms with Crippen molar-refractivity contribution in [3.63, 3.8) is 0 Å². The van der Waals surface area contributed by atoms with Crippen molar-refractivity contribution in [2.75, 3.05) is 13.7 Å². The first-order valence-corrected chi connectivity index (χ1v) is 11.8. The van der Waals surface area contributed by atoms with Gasteiger partial charge in [-0.3, -0.25) is 19.3 Å². The Hall–Kier alpha value is -2.37. The zero-order valence-electron chi connectivity index (χ0n) is 18.8. The number of amides is 3. The van der Waals surface area contributed by atoms with Gasteiger partial charge in [0.2, 0.25) is 17.7 Å². The van der Waals surface area contributed by atoms with Crippen LogP contribution in [0.5, 0.6) is 5.75 Å². The highest BCUT2D eigenvalue weighted by Gasteiger charge is 2.57. The van der Waals surface area contributed by atoms with Gasteiger partial charge in [-0.15, -0.1) is 0 Å². The van der Waals surface area contributed by atoms with Crippen molar-refractivity contribution in [3.05, 3.63) is 29.8 Å². The normalized spacial score (nSPS) is 27.2. The summed E-state index contributed by atoms with van der Waals surface area (Å²) in [5.41, 5.74) is -0.520. The van der Waals surface area contributed by atoms with E-state index in [-0.39, 0.29) is 42.6 Å². The summed E-state index contributed by atoms with van der Waals surface area (Å²) in [5, 5.41) is 0. The minimum Gasteiger partial charge on any atom is -0.496 e. The average Bonchev–Trinajstić information content (AvgIpc) is 3.40. The molecular weight excluding hydrogens is 392 g/mol. The van der Waals surface area contributed by atoms with Gasteiger partial charge < -0.3 is 9.64 Å². The number of para-hydroxylation sites is 1. The number of rotatable bonds is 6. The number of methoxy groups -OCH3 is 1. The van der Waals surface area contributed by atoms with Gasteiger partial charge in [0.25, 0.3) is 0 Å². The van der Waals surface area contributed by atoms with Crippen LogP contribution in [0.4, 0.5) is 0 Å². The molecular formula is C25H34N2O4. The molecule has 31 heavy (non-hydrogen) atoms. The van der Waals surface area contributed by atoms with Crippen molar-refractivity contribution in [1.29, 1.82) is 0 Å². The van der Waals surface area contributed by atoms with Crippen LogP contribution in [0.25, 0.3) is 0 Å². The smallest absolute Gasteiger partial charge is 0.241 e. The number of benzene rings is 1. The number of carbonyl (C=O) groups excluding carboxylic acids is 3. The lowest BCUT2D eigenvalue weighted by Gasteiger charge is -2.38. The highest BCUT2D eigenvalue weighted by Crippen LogP contribution is 2.46. The zero-order valence-corrected chi connectivity index (χ0v) is 18.8. The highest BCUT2D eigenvalue weighted by atomic mass is 16.5. The molecule has 2 aliphatic heterocycles. The van der Waals surface area contributed by atoms with Gasteiger partial charge in [0, 0.05) is 37.0 Å². The molecule has 0 N–H and O–H groups in total. The topological polar surface area (TPSA) is 66.9 Å². The molecule has 0 bridgehead atoms. The minimum atomic E-state index is -1.18. The Morgan fingerprint density at radius 1 is 1.10 bits per heavy atom. The molecule has 0 spiro atoms. The lowest BCUT2D eigenvalue weighted by Crippen LogP contribution is -2.49. The molecule has 6 nitrogen and oxygen atoms in total. The van der Waals surface area contributed by atoms with Gasteiger partial charge >= 0.3 is 0 Å². The summed E-state index contributed by atoms with van der Waals surface area (Å²) in [7, 11) is 1.57. The predicted octanol–water partition coefficient (Wildman–Crippen LogP) is 3.82. The SMILES string of the molecule is CCC1CCCCN1C(=O)CC1(c2ccccc2OC)CC(=O)N(C2CCCC2)C1=O. The Morgan fingerprint density at radius 3 is 2.52 bits per heavy atom. The van der Waals surface area contributed by atoms with Crippen LogP contribution in [0, 0.1) is 0 Å². The molecule has 1 aromatic carbocycles. The third kappa shape index (κ3) is 3.85. The van der Waals surface area contributed by atoms with Crippen molar-refractivity contribution in [2.24, 2.45) is 0 Å². The van der Waals surface area contributed by atoms with Crippen LogP contribution < -0.4 is 4.74 Å². The summed E-state index contributed by atoms with van der Waals surface area (Å²) in [6.07, 6.45) is 7.89. The monoisotopic (exact) mass is 426 g/mol. The van der Waals surface area contributed by atoms with Crippen LogP contribution in [0.3, 0.4) is 0 Å². The Bertz CT molecular complexity index is 848. The molecule has 2 unspecified atom stereocenters. The van der Waals surface area contributed by atoms with E-state index >= 15 is 0 Å². The van der Waals surface area contributed by atoms with E-state index in [1.165, 1.54) is 4.90 Å². The van der Waals surface area contributed by atoms with E-state index in [1.54, 1.807) is 7.11 Å². The van der Waals surface area contributed by atoms with Crippen LogP contribution in [0.1, 0.15) is 76.7 Å². The van der Waals surface area contributed by atoms with Crippen molar-refractivity contribution < 1.29 is 19.1 Å². The number of piperidine rings is 1. The second-order valence-corrected chi connectivity index (χ2v) is 9.29. The van der Waals surface area contributed by atoms with Gasteiger partial charge in [0.15, 0.2) is 0 Å². The van der Waals surface area contributed by atoms with Crippen LogP contribution in [-0.2, 0) is 19.8 Å². The van der Waals surface area contributed by atoms with Crippen LogP contribution >= 0.6 is 0 Å². The minimum absolute atomic E-state index is 0.0214. The fourth-order valence-electron chi connectivity index (χ4n) is 5.89. The zero-order chi connectivity index (χ0) is 22.0. The molecule has 3 fully saturated rings. The maximum atomic E-state index is 13.9. The van der Waals surface area contributed by atoms with Crippen LogP contribution in [0.15, 0.2) is 24.3 Å². The molecule has 2 atom stereocenters. The maximum absolute atomic E-state index is 13.9. The second-order valence-electron chi connectivity index (χ2n) is 9.29. The summed E-state index contributed by atoms with van der Waals surface area (Å²) in [5.74, 6) is 0.177. The van der Waals surface area contributed by atoms with Gasteiger partial charge in [0.1, 0.15) is 5.75 Å². The first-order chi connectivity index (χ1) is 15.0. The summed E-state index contributed by atoms with van der Waals surface area (Å²) in [4.78, 5) is 44.1. The van der Waals surface area contributed by atoms with Gasteiger partial charge in [-0.2, -0.15) is 0 Å². The van der Waals surface area contributed by atoms with Gasteiger partial charge in [-0.1, -0.05) is 38.0 Å². The molecule has 2 heterocycles. The number of nitrogens with zero attached hydrogens (tertiary/aromatic N) is 2. The quantitative estimate of drug-likeness (QED) is 0.649. The highest BCUT2D eigenvalue weighted by molar-refractivity contribution is 6.11. The van der Waals surface area contributed by atoms with Gasteiger partial charge in [0.05, 0.1) is 12.5 Å². The molecule has 3 amide bonds. The van der Waals surface area contributed by atoms with Crippen molar-refractivity contribution in [1.82, 2.24) is 9.80 Å². The Balaban J connectivity index is 1.73. The first-order valence-electron chi connectivity index (χ1n) is 11.8. The van der Waals surface area contributed by atoms with E-state index < -0.39 is 5.41 Å². The van der Waals surface area contributed by atoms with Gasteiger partial charge in [-0.05, 0) is 44.6 Å². The molecule has 2 saturated heterocycles. The Kier molecular flexibility index (Phi) is 6.35. The molecule has 0 aromatic heterocycles.